The molecule has 0 aromatic heterocycles. The van der Waals surface area contributed by atoms with Crippen LogP contribution in [-0.2, 0) is 11.4 Å². The van der Waals surface area contributed by atoms with Gasteiger partial charge >= 0.3 is 5.97 Å². The highest BCUT2D eigenvalue weighted by Crippen LogP contribution is 2.30. The standard InChI is InChI=1S/C14H17NO4/c1-14(13(18)19)6-7-15(9-14)12(17)11-4-2-10(8-16)3-5-11/h2-5,16H,6-9H2,1H3,(H,18,19). The van der Waals surface area contributed by atoms with Crippen molar-refractivity contribution in [2.24, 2.45) is 5.41 Å². The number of amides is 1. The maximum Gasteiger partial charge on any atom is 0.311 e. The van der Waals surface area contributed by atoms with Crippen molar-refractivity contribution in [2.45, 2.75) is 20.0 Å². The van der Waals surface area contributed by atoms with Gasteiger partial charge in [-0.05, 0) is 31.0 Å². The zero-order valence-corrected chi connectivity index (χ0v) is 10.8. The molecular weight excluding hydrogens is 246 g/mol. The minimum atomic E-state index is -0.863. The van der Waals surface area contributed by atoms with Crippen LogP contribution in [0.4, 0.5) is 0 Å². The third-order valence-electron chi connectivity index (χ3n) is 3.66. The summed E-state index contributed by atoms with van der Waals surface area (Å²) in [6, 6.07) is 6.70. The minimum absolute atomic E-state index is 0.0602. The van der Waals surface area contributed by atoms with Crippen molar-refractivity contribution in [3.8, 4) is 0 Å². The second-order valence-electron chi connectivity index (χ2n) is 5.20. The van der Waals surface area contributed by atoms with Crippen molar-refractivity contribution in [1.29, 1.82) is 0 Å². The highest BCUT2D eigenvalue weighted by Gasteiger charge is 2.42. The number of carbonyl (C=O) groups is 2. The first-order valence-corrected chi connectivity index (χ1v) is 6.19. The van der Waals surface area contributed by atoms with Crippen molar-refractivity contribution in [3.05, 3.63) is 35.4 Å². The van der Waals surface area contributed by atoms with Gasteiger partial charge in [-0.1, -0.05) is 12.1 Å². The van der Waals surface area contributed by atoms with Gasteiger partial charge in [0.2, 0.25) is 0 Å². The number of carboxylic acids is 1. The van der Waals surface area contributed by atoms with Crippen LogP contribution in [0.2, 0.25) is 0 Å². The van der Waals surface area contributed by atoms with Crippen LogP contribution in [0.1, 0.15) is 29.3 Å². The molecule has 0 saturated carbocycles. The van der Waals surface area contributed by atoms with Crippen LogP contribution in [-0.4, -0.2) is 40.1 Å². The second kappa shape index (κ2) is 5.01. The van der Waals surface area contributed by atoms with E-state index in [1.807, 2.05) is 0 Å². The molecule has 1 fully saturated rings. The summed E-state index contributed by atoms with van der Waals surface area (Å²) >= 11 is 0. The van der Waals surface area contributed by atoms with E-state index in [0.717, 1.165) is 5.56 Å². The lowest BCUT2D eigenvalue weighted by Gasteiger charge is -2.20. The van der Waals surface area contributed by atoms with Crippen molar-refractivity contribution in [3.63, 3.8) is 0 Å². The Morgan fingerprint density at radius 1 is 1.32 bits per heavy atom. The number of nitrogens with zero attached hydrogens (tertiary/aromatic N) is 1. The molecule has 1 aromatic carbocycles. The summed E-state index contributed by atoms with van der Waals surface area (Å²) in [7, 11) is 0. The normalized spacial score (nSPS) is 22.5. The maximum absolute atomic E-state index is 12.2. The van der Waals surface area contributed by atoms with Crippen LogP contribution in [0.25, 0.3) is 0 Å². The molecule has 1 atom stereocenters. The van der Waals surface area contributed by atoms with E-state index in [2.05, 4.69) is 0 Å². The highest BCUT2D eigenvalue weighted by molar-refractivity contribution is 5.95. The van der Waals surface area contributed by atoms with Crippen LogP contribution in [0.3, 0.4) is 0 Å². The zero-order chi connectivity index (χ0) is 14.0. The largest absolute Gasteiger partial charge is 0.481 e. The molecule has 5 heteroatoms. The summed E-state index contributed by atoms with van der Waals surface area (Å²) in [5.41, 5.74) is 0.418. The molecule has 0 spiro atoms. The number of likely N-dealkylation sites (tertiary alicyclic amines) is 1. The Bertz CT molecular complexity index is 497. The van der Waals surface area contributed by atoms with E-state index in [1.165, 1.54) is 0 Å². The predicted octanol–water partition coefficient (Wildman–Crippen LogP) is 1.12. The van der Waals surface area contributed by atoms with Gasteiger partial charge in [-0.15, -0.1) is 0 Å². The van der Waals surface area contributed by atoms with Gasteiger partial charge in [-0.25, -0.2) is 0 Å². The molecule has 1 aromatic rings. The lowest BCUT2D eigenvalue weighted by molar-refractivity contribution is -0.147. The average molecular weight is 263 g/mol. The Hall–Kier alpha value is -1.88. The number of carbonyl (C=O) groups excluding carboxylic acids is 1. The van der Waals surface area contributed by atoms with Gasteiger partial charge in [0.15, 0.2) is 0 Å². The summed E-state index contributed by atoms with van der Waals surface area (Å²) < 4.78 is 0. The van der Waals surface area contributed by atoms with Gasteiger partial charge < -0.3 is 15.1 Å². The van der Waals surface area contributed by atoms with Crippen LogP contribution in [0.5, 0.6) is 0 Å². The third kappa shape index (κ3) is 2.61. The minimum Gasteiger partial charge on any atom is -0.481 e. The first kappa shape index (κ1) is 13.5. The summed E-state index contributed by atoms with van der Waals surface area (Å²) in [5.74, 6) is -1.02. The molecule has 1 heterocycles. The summed E-state index contributed by atoms with van der Waals surface area (Å²) in [4.78, 5) is 24.9. The monoisotopic (exact) mass is 263 g/mol. The van der Waals surface area contributed by atoms with Crippen molar-refractivity contribution >= 4 is 11.9 Å². The second-order valence-corrected chi connectivity index (χ2v) is 5.20. The van der Waals surface area contributed by atoms with E-state index in [-0.39, 0.29) is 19.1 Å². The lowest BCUT2D eigenvalue weighted by atomic mass is 9.90. The Kier molecular flexibility index (Phi) is 3.57. The number of rotatable bonds is 3. The number of aliphatic hydroxyl groups excluding tert-OH is 1. The van der Waals surface area contributed by atoms with Crippen molar-refractivity contribution in [1.82, 2.24) is 4.90 Å². The summed E-state index contributed by atoms with van der Waals surface area (Å²) in [6.45, 7) is 2.30. The Morgan fingerprint density at radius 3 is 2.42 bits per heavy atom. The highest BCUT2D eigenvalue weighted by atomic mass is 16.4. The molecule has 1 saturated heterocycles. The summed E-state index contributed by atoms with van der Waals surface area (Å²) in [5, 5.41) is 18.1. The number of carboxylic acid groups (broad SMARTS) is 1. The lowest BCUT2D eigenvalue weighted by Crippen LogP contribution is -2.34. The van der Waals surface area contributed by atoms with E-state index < -0.39 is 11.4 Å². The number of benzene rings is 1. The molecule has 1 aliphatic rings. The van der Waals surface area contributed by atoms with Crippen LogP contribution in [0, 0.1) is 5.41 Å². The average Bonchev–Trinajstić information content (AvgIpc) is 2.82. The van der Waals surface area contributed by atoms with Gasteiger partial charge in [-0.3, -0.25) is 9.59 Å². The van der Waals surface area contributed by atoms with Gasteiger partial charge in [0.25, 0.3) is 5.91 Å². The molecule has 1 aliphatic heterocycles. The Balaban J connectivity index is 2.11. The summed E-state index contributed by atoms with van der Waals surface area (Å²) in [6.07, 6.45) is 0.475. The smallest absolute Gasteiger partial charge is 0.311 e. The zero-order valence-electron chi connectivity index (χ0n) is 10.8. The van der Waals surface area contributed by atoms with E-state index in [1.54, 1.807) is 36.1 Å². The van der Waals surface area contributed by atoms with Gasteiger partial charge in [0, 0.05) is 18.7 Å². The molecule has 0 aliphatic carbocycles. The third-order valence-corrected chi connectivity index (χ3v) is 3.66. The molecule has 5 nitrogen and oxygen atoms in total. The van der Waals surface area contributed by atoms with Crippen LogP contribution >= 0.6 is 0 Å². The molecule has 19 heavy (non-hydrogen) atoms. The quantitative estimate of drug-likeness (QED) is 0.856. The van der Waals surface area contributed by atoms with Crippen molar-refractivity contribution in [2.75, 3.05) is 13.1 Å². The molecule has 0 bridgehead atoms. The van der Waals surface area contributed by atoms with Crippen LogP contribution < -0.4 is 0 Å². The number of hydrogen-bond donors (Lipinski definition) is 2. The molecule has 2 N–H and O–H groups in total. The molecule has 2 rings (SSSR count). The first-order valence-electron chi connectivity index (χ1n) is 6.19. The van der Waals surface area contributed by atoms with Crippen molar-refractivity contribution < 1.29 is 19.8 Å². The fourth-order valence-electron chi connectivity index (χ4n) is 2.24. The number of aliphatic carboxylic acids is 1. The first-order chi connectivity index (χ1) is 8.96. The molecule has 102 valence electrons. The van der Waals surface area contributed by atoms with Crippen LogP contribution in [0.15, 0.2) is 24.3 Å². The topological polar surface area (TPSA) is 77.8 Å². The SMILES string of the molecule is CC1(C(=O)O)CCN(C(=O)c2ccc(CO)cc2)C1. The molecule has 1 amide bonds. The molecule has 0 radical (unpaired) electrons. The number of hydrogen-bond acceptors (Lipinski definition) is 3. The van der Waals surface area contributed by atoms with E-state index in [9.17, 15) is 9.59 Å². The fourth-order valence-corrected chi connectivity index (χ4v) is 2.24. The maximum atomic E-state index is 12.2. The van der Waals surface area contributed by atoms with Gasteiger partial charge in [0.05, 0.1) is 12.0 Å². The number of aliphatic hydroxyl groups is 1. The van der Waals surface area contributed by atoms with Gasteiger partial charge in [-0.2, -0.15) is 0 Å². The van der Waals surface area contributed by atoms with E-state index in [4.69, 9.17) is 10.2 Å². The molecular formula is C14H17NO4. The predicted molar refractivity (Wildman–Crippen MR) is 68.6 cm³/mol. The Labute approximate surface area is 111 Å². The van der Waals surface area contributed by atoms with Gasteiger partial charge in [0.1, 0.15) is 0 Å². The molecule has 1 unspecified atom stereocenters. The van der Waals surface area contributed by atoms with E-state index in [0.29, 0.717) is 18.5 Å². The van der Waals surface area contributed by atoms with E-state index >= 15 is 0 Å². The Morgan fingerprint density at radius 2 is 1.95 bits per heavy atom. The fraction of sp³-hybridized carbons (Fsp3) is 0.429.